The molecule has 0 aliphatic carbocycles. The molecule has 1 aromatic carbocycles. The van der Waals surface area contributed by atoms with Crippen LogP contribution in [0.2, 0.25) is 0 Å². The molecule has 9 heteroatoms. The third-order valence-electron chi connectivity index (χ3n) is 3.05. The van der Waals surface area contributed by atoms with Gasteiger partial charge < -0.3 is 5.11 Å². The van der Waals surface area contributed by atoms with E-state index in [9.17, 15) is 23.3 Å². The zero-order valence-corrected chi connectivity index (χ0v) is 13.0. The molecule has 0 saturated heterocycles. The maximum absolute atomic E-state index is 11.9. The van der Waals surface area contributed by atoms with Gasteiger partial charge in [-0.2, -0.15) is 0 Å². The monoisotopic (exact) mass is 330 g/mol. The second kappa shape index (κ2) is 7.32. The molecule has 8 nitrogen and oxygen atoms in total. The van der Waals surface area contributed by atoms with E-state index in [1.165, 1.54) is 24.3 Å². The molecule has 0 amide bonds. The van der Waals surface area contributed by atoms with Crippen molar-refractivity contribution in [2.24, 2.45) is 5.92 Å². The van der Waals surface area contributed by atoms with Crippen LogP contribution in [-0.4, -0.2) is 36.2 Å². The molecule has 0 bridgehead atoms. The fraction of sp³-hybridized carbons (Fsp3) is 0.462. The Hall–Kier alpha value is -2.00. The first kappa shape index (κ1) is 18.1. The molecule has 1 atom stereocenters. The van der Waals surface area contributed by atoms with Crippen molar-refractivity contribution in [3.05, 3.63) is 39.9 Å². The Morgan fingerprint density at radius 2 is 1.86 bits per heavy atom. The minimum Gasteiger partial charge on any atom is -0.480 e. The number of nitrogens with one attached hydrogen (secondary N) is 1. The normalized spacial score (nSPS) is 13.0. The lowest BCUT2D eigenvalue weighted by Crippen LogP contribution is -2.45. The van der Waals surface area contributed by atoms with Crippen LogP contribution in [-0.2, 0) is 21.2 Å². The van der Waals surface area contributed by atoms with Gasteiger partial charge >= 0.3 is 5.97 Å². The third-order valence-corrected chi connectivity index (χ3v) is 4.40. The first-order valence-corrected chi connectivity index (χ1v) is 8.24. The Morgan fingerprint density at radius 3 is 2.27 bits per heavy atom. The van der Waals surface area contributed by atoms with Gasteiger partial charge in [-0.1, -0.05) is 26.0 Å². The van der Waals surface area contributed by atoms with Gasteiger partial charge in [-0.25, -0.2) is 13.1 Å². The third kappa shape index (κ3) is 5.41. The number of nitrogens with zero attached hydrogens (tertiary/aromatic N) is 1. The summed E-state index contributed by atoms with van der Waals surface area (Å²) in [6.07, 6.45) is 0.137. The van der Waals surface area contributed by atoms with E-state index in [2.05, 4.69) is 4.72 Å². The van der Waals surface area contributed by atoms with Crippen molar-refractivity contribution in [1.29, 1.82) is 0 Å². The number of carboxylic acids is 1. The van der Waals surface area contributed by atoms with E-state index in [0.717, 1.165) is 0 Å². The standard InChI is InChI=1S/C13H18N2O6S/c1-9(2)12(13(16)17)14-22(20,21)8-7-10-3-5-11(6-4-10)15(18)19/h3-6,9,12,14H,7-8H2,1-2H3,(H,16,17)/t12-/m1/s1. The number of hydrogen-bond donors (Lipinski definition) is 2. The summed E-state index contributed by atoms with van der Waals surface area (Å²) in [5.74, 6) is -1.90. The summed E-state index contributed by atoms with van der Waals surface area (Å²) in [7, 11) is -3.76. The molecule has 22 heavy (non-hydrogen) atoms. The molecule has 0 spiro atoms. The first-order valence-electron chi connectivity index (χ1n) is 6.58. The van der Waals surface area contributed by atoms with Crippen molar-refractivity contribution in [3.8, 4) is 0 Å². The van der Waals surface area contributed by atoms with Gasteiger partial charge in [0.05, 0.1) is 10.7 Å². The number of aliphatic carboxylic acids is 1. The van der Waals surface area contributed by atoms with Crippen LogP contribution in [0.5, 0.6) is 0 Å². The molecule has 0 radical (unpaired) electrons. The van der Waals surface area contributed by atoms with Gasteiger partial charge in [0.25, 0.3) is 5.69 Å². The van der Waals surface area contributed by atoms with E-state index < -0.39 is 27.0 Å². The number of non-ortho nitro benzene ring substituents is 1. The van der Waals surface area contributed by atoms with Crippen LogP contribution in [0.4, 0.5) is 5.69 Å². The molecular formula is C13H18N2O6S. The van der Waals surface area contributed by atoms with Crippen molar-refractivity contribution in [2.75, 3.05) is 5.75 Å². The Labute approximate surface area is 128 Å². The molecule has 1 aromatic rings. The largest absolute Gasteiger partial charge is 0.480 e. The minimum atomic E-state index is -3.76. The number of nitro groups is 1. The van der Waals surface area contributed by atoms with Gasteiger partial charge in [0.1, 0.15) is 6.04 Å². The van der Waals surface area contributed by atoms with Crippen molar-refractivity contribution in [3.63, 3.8) is 0 Å². The van der Waals surface area contributed by atoms with E-state index in [1.807, 2.05) is 0 Å². The Bertz CT molecular complexity index is 639. The predicted octanol–water partition coefficient (Wildman–Crippen LogP) is 1.17. The van der Waals surface area contributed by atoms with Gasteiger partial charge in [-0.3, -0.25) is 14.9 Å². The maximum Gasteiger partial charge on any atom is 0.321 e. The Morgan fingerprint density at radius 1 is 1.32 bits per heavy atom. The van der Waals surface area contributed by atoms with Crippen LogP contribution in [0.3, 0.4) is 0 Å². The van der Waals surface area contributed by atoms with E-state index >= 15 is 0 Å². The SMILES string of the molecule is CC(C)[C@@H](NS(=O)(=O)CCc1ccc([N+](=O)[O-])cc1)C(=O)O. The van der Waals surface area contributed by atoms with Gasteiger partial charge in [0.15, 0.2) is 0 Å². The van der Waals surface area contributed by atoms with Crippen molar-refractivity contribution in [1.82, 2.24) is 4.72 Å². The summed E-state index contributed by atoms with van der Waals surface area (Å²) in [5.41, 5.74) is 0.544. The topological polar surface area (TPSA) is 127 Å². The van der Waals surface area contributed by atoms with Crippen molar-refractivity contribution in [2.45, 2.75) is 26.3 Å². The number of aryl methyl sites for hydroxylation is 1. The second-order valence-electron chi connectivity index (χ2n) is 5.17. The average molecular weight is 330 g/mol. The van der Waals surface area contributed by atoms with Crippen LogP contribution in [0, 0.1) is 16.0 Å². The number of nitro benzene ring substituents is 1. The van der Waals surface area contributed by atoms with Crippen molar-refractivity contribution < 1.29 is 23.2 Å². The smallest absolute Gasteiger partial charge is 0.321 e. The average Bonchev–Trinajstić information content (AvgIpc) is 2.42. The highest BCUT2D eigenvalue weighted by Crippen LogP contribution is 2.13. The highest BCUT2D eigenvalue weighted by atomic mass is 32.2. The molecule has 0 saturated carbocycles. The lowest BCUT2D eigenvalue weighted by Gasteiger charge is -2.17. The Kier molecular flexibility index (Phi) is 6.01. The summed E-state index contributed by atoms with van der Waals surface area (Å²) in [6, 6.07) is 4.37. The Balaban J connectivity index is 2.69. The number of rotatable bonds is 8. The summed E-state index contributed by atoms with van der Waals surface area (Å²) in [6.45, 7) is 3.22. The quantitative estimate of drug-likeness (QED) is 0.544. The van der Waals surface area contributed by atoms with E-state index in [4.69, 9.17) is 5.11 Å². The molecule has 0 fully saturated rings. The van der Waals surface area contributed by atoms with Gasteiger partial charge in [-0.05, 0) is 17.9 Å². The first-order chi connectivity index (χ1) is 10.1. The highest BCUT2D eigenvalue weighted by Gasteiger charge is 2.26. The highest BCUT2D eigenvalue weighted by molar-refractivity contribution is 7.89. The molecule has 1 rings (SSSR count). The van der Waals surface area contributed by atoms with Crippen LogP contribution in [0.25, 0.3) is 0 Å². The van der Waals surface area contributed by atoms with E-state index in [0.29, 0.717) is 5.56 Å². The van der Waals surface area contributed by atoms with Crippen molar-refractivity contribution >= 4 is 21.7 Å². The second-order valence-corrected chi connectivity index (χ2v) is 7.04. The number of benzene rings is 1. The number of sulfonamides is 1. The summed E-state index contributed by atoms with van der Waals surface area (Å²) in [5, 5.41) is 19.5. The fourth-order valence-corrected chi connectivity index (χ4v) is 3.14. The fourth-order valence-electron chi connectivity index (χ4n) is 1.76. The summed E-state index contributed by atoms with van der Waals surface area (Å²) in [4.78, 5) is 21.0. The zero-order valence-electron chi connectivity index (χ0n) is 12.2. The van der Waals surface area contributed by atoms with Crippen LogP contribution >= 0.6 is 0 Å². The molecule has 0 aliphatic rings. The molecule has 0 aromatic heterocycles. The lowest BCUT2D eigenvalue weighted by molar-refractivity contribution is -0.384. The number of carboxylic acid groups (broad SMARTS) is 1. The minimum absolute atomic E-state index is 0.0736. The molecular weight excluding hydrogens is 312 g/mol. The van der Waals surface area contributed by atoms with Crippen LogP contribution in [0.15, 0.2) is 24.3 Å². The maximum atomic E-state index is 11.9. The molecule has 0 unspecified atom stereocenters. The molecule has 0 aliphatic heterocycles. The molecule has 0 heterocycles. The predicted molar refractivity (Wildman–Crippen MR) is 80.0 cm³/mol. The zero-order chi connectivity index (χ0) is 16.9. The van der Waals surface area contributed by atoms with Crippen LogP contribution in [0.1, 0.15) is 19.4 Å². The van der Waals surface area contributed by atoms with E-state index in [1.54, 1.807) is 13.8 Å². The molecule has 122 valence electrons. The van der Waals surface area contributed by atoms with Crippen LogP contribution < -0.4 is 4.72 Å². The van der Waals surface area contributed by atoms with E-state index in [-0.39, 0.29) is 23.8 Å². The number of hydrogen-bond acceptors (Lipinski definition) is 5. The summed E-state index contributed by atoms with van der Waals surface area (Å²) >= 11 is 0. The number of carbonyl (C=O) groups is 1. The summed E-state index contributed by atoms with van der Waals surface area (Å²) < 4.78 is 26.0. The lowest BCUT2D eigenvalue weighted by atomic mass is 10.1. The molecule has 2 N–H and O–H groups in total. The van der Waals surface area contributed by atoms with Gasteiger partial charge in [0, 0.05) is 12.1 Å². The van der Waals surface area contributed by atoms with Gasteiger partial charge in [0.2, 0.25) is 10.0 Å². The van der Waals surface area contributed by atoms with Gasteiger partial charge in [-0.15, -0.1) is 0 Å².